The fourth-order valence-corrected chi connectivity index (χ4v) is 3.41. The maximum absolute atomic E-state index is 14.0. The van der Waals surface area contributed by atoms with Crippen molar-refractivity contribution in [3.8, 4) is 0 Å². The number of anilines is 1. The summed E-state index contributed by atoms with van der Waals surface area (Å²) in [6.45, 7) is 0. The van der Waals surface area contributed by atoms with Crippen LogP contribution >= 0.6 is 11.6 Å². The average Bonchev–Trinajstić information content (AvgIpc) is 2.85. The minimum atomic E-state index is -0.314. The highest BCUT2D eigenvalue weighted by Crippen LogP contribution is 2.31. The van der Waals surface area contributed by atoms with Crippen molar-refractivity contribution in [1.82, 2.24) is 9.80 Å². The quantitative estimate of drug-likeness (QED) is 0.901. The summed E-state index contributed by atoms with van der Waals surface area (Å²) in [7, 11) is 1.99. The second kappa shape index (κ2) is 6.14. The molecule has 0 aromatic heterocycles. The zero-order valence-electron chi connectivity index (χ0n) is 12.2. The maximum atomic E-state index is 14.0. The Morgan fingerprint density at radius 1 is 1.19 bits per heavy atom. The van der Waals surface area contributed by atoms with Crippen molar-refractivity contribution in [2.24, 2.45) is 0 Å². The zero-order chi connectivity index (χ0) is 14.8. The van der Waals surface area contributed by atoms with Crippen molar-refractivity contribution < 1.29 is 4.39 Å². The van der Waals surface area contributed by atoms with Gasteiger partial charge in [-0.3, -0.25) is 0 Å². The minimum Gasteiger partial charge on any atom is -0.345 e. The van der Waals surface area contributed by atoms with Gasteiger partial charge in [0.2, 0.25) is 0 Å². The Morgan fingerprint density at radius 3 is 2.67 bits per heavy atom. The Hall–Kier alpha value is -1.42. The van der Waals surface area contributed by atoms with Gasteiger partial charge in [-0.05, 0) is 25.0 Å². The molecular weight excluding hydrogens is 289 g/mol. The molecule has 1 aliphatic carbocycles. The van der Waals surface area contributed by atoms with Gasteiger partial charge in [0, 0.05) is 25.5 Å². The van der Waals surface area contributed by atoms with Crippen molar-refractivity contribution in [2.75, 3.05) is 12.4 Å². The Balaban J connectivity index is 1.79. The average molecular weight is 310 g/mol. The molecule has 0 bridgehead atoms. The summed E-state index contributed by atoms with van der Waals surface area (Å²) in [6, 6.07) is 5.28. The summed E-state index contributed by atoms with van der Waals surface area (Å²) in [5.41, 5.74) is 0.375. The van der Waals surface area contributed by atoms with Gasteiger partial charge in [-0.25, -0.2) is 4.39 Å². The van der Waals surface area contributed by atoms with E-state index in [-0.39, 0.29) is 12.1 Å². The molecule has 1 fully saturated rings. The van der Waals surface area contributed by atoms with Crippen LogP contribution < -0.4 is 5.32 Å². The first kappa shape index (κ1) is 14.5. The third-order valence-electron chi connectivity index (χ3n) is 4.37. The third kappa shape index (κ3) is 2.95. The van der Waals surface area contributed by atoms with Crippen LogP contribution in [-0.4, -0.2) is 29.2 Å². The molecule has 5 heteroatoms. The lowest BCUT2D eigenvalue weighted by Gasteiger charge is -2.39. The van der Waals surface area contributed by atoms with Crippen LogP contribution in [0.1, 0.15) is 32.1 Å². The smallest absolute Gasteiger partial charge is 0.178 e. The van der Waals surface area contributed by atoms with Crippen molar-refractivity contribution in [1.29, 1.82) is 0 Å². The Kier molecular flexibility index (Phi) is 4.24. The molecular formula is C16H21ClFN3. The first-order chi connectivity index (χ1) is 10.2. The van der Waals surface area contributed by atoms with Crippen LogP contribution in [0.25, 0.3) is 0 Å². The minimum absolute atomic E-state index is 0.0810. The molecule has 1 atom stereocenters. The molecule has 3 rings (SSSR count). The fraction of sp³-hybridized carbons (Fsp3) is 0.500. The van der Waals surface area contributed by atoms with E-state index in [9.17, 15) is 4.39 Å². The molecule has 1 aliphatic heterocycles. The normalized spacial score (nSPS) is 22.9. The third-order valence-corrected chi connectivity index (χ3v) is 4.69. The van der Waals surface area contributed by atoms with Crippen LogP contribution in [-0.2, 0) is 0 Å². The SMILES string of the molecule is CN1C=CN(C2CCCCC2)C1Nc1c(F)cccc1Cl. The lowest BCUT2D eigenvalue weighted by Crippen LogP contribution is -2.48. The van der Waals surface area contributed by atoms with Crippen molar-refractivity contribution in [3.63, 3.8) is 0 Å². The molecule has 1 aromatic rings. The van der Waals surface area contributed by atoms with Gasteiger partial charge < -0.3 is 15.1 Å². The maximum Gasteiger partial charge on any atom is 0.178 e. The highest BCUT2D eigenvalue weighted by Gasteiger charge is 2.31. The van der Waals surface area contributed by atoms with Crippen LogP contribution in [0.4, 0.5) is 10.1 Å². The van der Waals surface area contributed by atoms with Crippen LogP contribution in [0.5, 0.6) is 0 Å². The van der Waals surface area contributed by atoms with E-state index in [1.165, 1.54) is 38.2 Å². The molecule has 2 aliphatic rings. The van der Waals surface area contributed by atoms with E-state index in [1.807, 2.05) is 13.2 Å². The highest BCUT2D eigenvalue weighted by atomic mass is 35.5. The van der Waals surface area contributed by atoms with E-state index in [0.29, 0.717) is 16.8 Å². The van der Waals surface area contributed by atoms with E-state index in [2.05, 4.69) is 21.3 Å². The molecule has 21 heavy (non-hydrogen) atoms. The van der Waals surface area contributed by atoms with Gasteiger partial charge in [0.1, 0.15) is 5.82 Å². The number of nitrogens with zero attached hydrogens (tertiary/aromatic N) is 2. The van der Waals surface area contributed by atoms with E-state index >= 15 is 0 Å². The number of rotatable bonds is 3. The molecule has 0 amide bonds. The predicted octanol–water partition coefficient (Wildman–Crippen LogP) is 4.23. The van der Waals surface area contributed by atoms with Gasteiger partial charge >= 0.3 is 0 Å². The van der Waals surface area contributed by atoms with Crippen molar-refractivity contribution >= 4 is 17.3 Å². The van der Waals surface area contributed by atoms with E-state index in [4.69, 9.17) is 11.6 Å². The lowest BCUT2D eigenvalue weighted by molar-refractivity contribution is 0.127. The molecule has 3 nitrogen and oxygen atoms in total. The van der Waals surface area contributed by atoms with Gasteiger partial charge in [-0.1, -0.05) is 36.9 Å². The first-order valence-electron chi connectivity index (χ1n) is 7.55. The number of nitrogens with one attached hydrogen (secondary N) is 1. The molecule has 0 radical (unpaired) electrons. The van der Waals surface area contributed by atoms with Gasteiger partial charge in [-0.2, -0.15) is 0 Å². The standard InChI is InChI=1S/C16H21ClFN3/c1-20-10-11-21(12-6-3-2-4-7-12)16(20)19-15-13(17)8-5-9-14(15)18/h5,8-12,16,19H,2-4,6-7H2,1H3. The number of halogens is 2. The summed E-state index contributed by atoms with van der Waals surface area (Å²) < 4.78 is 14.0. The van der Waals surface area contributed by atoms with Gasteiger partial charge in [0.25, 0.3) is 0 Å². The fourth-order valence-electron chi connectivity index (χ4n) is 3.20. The number of hydrogen-bond acceptors (Lipinski definition) is 3. The summed E-state index contributed by atoms with van der Waals surface area (Å²) in [5.74, 6) is -0.314. The summed E-state index contributed by atoms with van der Waals surface area (Å²) in [5, 5.41) is 3.67. The molecule has 0 spiro atoms. The second-order valence-corrected chi connectivity index (χ2v) is 6.22. The Labute approximate surface area is 130 Å². The highest BCUT2D eigenvalue weighted by molar-refractivity contribution is 6.33. The predicted molar refractivity (Wildman–Crippen MR) is 84.4 cm³/mol. The topological polar surface area (TPSA) is 18.5 Å². The lowest BCUT2D eigenvalue weighted by atomic mass is 9.94. The van der Waals surface area contributed by atoms with Gasteiger partial charge in [-0.15, -0.1) is 0 Å². The Bertz CT molecular complexity index is 508. The molecule has 114 valence electrons. The van der Waals surface area contributed by atoms with E-state index in [0.717, 1.165) is 0 Å². The number of para-hydroxylation sites is 1. The Morgan fingerprint density at radius 2 is 1.95 bits per heavy atom. The molecule has 1 heterocycles. The van der Waals surface area contributed by atoms with Gasteiger partial charge in [0.15, 0.2) is 6.29 Å². The monoisotopic (exact) mass is 309 g/mol. The van der Waals surface area contributed by atoms with Crippen LogP contribution in [0, 0.1) is 5.82 Å². The number of benzene rings is 1. The van der Waals surface area contributed by atoms with Crippen LogP contribution in [0.3, 0.4) is 0 Å². The van der Waals surface area contributed by atoms with Crippen LogP contribution in [0.2, 0.25) is 5.02 Å². The zero-order valence-corrected chi connectivity index (χ0v) is 13.0. The molecule has 0 saturated heterocycles. The van der Waals surface area contributed by atoms with Crippen LogP contribution in [0.15, 0.2) is 30.6 Å². The summed E-state index contributed by atoms with van der Waals surface area (Å²) >= 11 is 6.13. The summed E-state index contributed by atoms with van der Waals surface area (Å²) in [6.07, 6.45) is 10.3. The van der Waals surface area contributed by atoms with Gasteiger partial charge in [0.05, 0.1) is 10.7 Å². The second-order valence-electron chi connectivity index (χ2n) is 5.82. The van der Waals surface area contributed by atoms with E-state index < -0.39 is 0 Å². The largest absolute Gasteiger partial charge is 0.345 e. The van der Waals surface area contributed by atoms with Crippen molar-refractivity contribution in [3.05, 3.63) is 41.4 Å². The molecule has 1 unspecified atom stereocenters. The molecule has 1 N–H and O–H groups in total. The summed E-state index contributed by atoms with van der Waals surface area (Å²) in [4.78, 5) is 4.35. The number of hydrogen-bond donors (Lipinski definition) is 1. The van der Waals surface area contributed by atoms with E-state index in [1.54, 1.807) is 12.1 Å². The van der Waals surface area contributed by atoms with Crippen molar-refractivity contribution in [2.45, 2.75) is 44.4 Å². The first-order valence-corrected chi connectivity index (χ1v) is 7.93. The molecule has 1 aromatic carbocycles. The molecule has 1 saturated carbocycles.